The van der Waals surface area contributed by atoms with Crippen molar-refractivity contribution in [1.29, 1.82) is 0 Å². The molecule has 0 aliphatic heterocycles. The second-order valence-electron chi connectivity index (χ2n) is 2.85. The maximum Gasteiger partial charge on any atom is 0.428 e. The van der Waals surface area contributed by atoms with Crippen molar-refractivity contribution < 1.29 is 45.4 Å². The standard InChI is InChI=1S/C9H6F6O4/c1-18-6(16)4(7(17)19-2)3-5(8(10,11)12)9(13,14)15/h1-2H3. The summed E-state index contributed by atoms with van der Waals surface area (Å²) in [6.07, 6.45) is -11.7. The van der Waals surface area contributed by atoms with E-state index in [0.29, 0.717) is 20.0 Å². The molecule has 0 radical (unpaired) electrons. The molecule has 0 fully saturated rings. The fourth-order valence-corrected chi connectivity index (χ4v) is 0.817. The third-order valence-electron chi connectivity index (χ3n) is 1.60. The van der Waals surface area contributed by atoms with Crippen molar-refractivity contribution in [2.24, 2.45) is 0 Å². The van der Waals surface area contributed by atoms with Gasteiger partial charge in [-0.2, -0.15) is 26.3 Å². The Bertz CT molecular complexity index is 405. The van der Waals surface area contributed by atoms with Gasteiger partial charge in [-0.15, -0.1) is 0 Å². The molecule has 0 unspecified atom stereocenters. The van der Waals surface area contributed by atoms with E-state index in [9.17, 15) is 35.9 Å². The normalized spacial score (nSPS) is 11.4. The van der Waals surface area contributed by atoms with Crippen LogP contribution in [-0.4, -0.2) is 38.5 Å². The van der Waals surface area contributed by atoms with Crippen molar-refractivity contribution in [3.8, 4) is 0 Å². The predicted octanol–water partition coefficient (Wildman–Crippen LogP) is 1.91. The largest absolute Gasteiger partial charge is 0.465 e. The molecule has 0 aromatic rings. The van der Waals surface area contributed by atoms with E-state index in [-0.39, 0.29) is 0 Å². The highest BCUT2D eigenvalue weighted by Crippen LogP contribution is 2.38. The van der Waals surface area contributed by atoms with E-state index in [2.05, 4.69) is 9.47 Å². The molecule has 108 valence electrons. The van der Waals surface area contributed by atoms with Gasteiger partial charge >= 0.3 is 24.3 Å². The Morgan fingerprint density at radius 2 is 1.16 bits per heavy atom. The molecule has 0 saturated heterocycles. The number of alkyl halides is 6. The van der Waals surface area contributed by atoms with Gasteiger partial charge in [0.15, 0.2) is 11.1 Å². The number of halogens is 6. The van der Waals surface area contributed by atoms with Crippen LogP contribution in [0.15, 0.2) is 16.9 Å². The molecule has 0 amide bonds. The van der Waals surface area contributed by atoms with Crippen molar-refractivity contribution in [3.05, 3.63) is 16.9 Å². The van der Waals surface area contributed by atoms with Crippen LogP contribution in [0.1, 0.15) is 0 Å². The van der Waals surface area contributed by atoms with E-state index in [4.69, 9.17) is 0 Å². The van der Waals surface area contributed by atoms with E-state index in [1.165, 1.54) is 0 Å². The molecule has 0 aromatic carbocycles. The second-order valence-corrected chi connectivity index (χ2v) is 2.85. The number of hydrogen-bond acceptors (Lipinski definition) is 4. The van der Waals surface area contributed by atoms with Gasteiger partial charge in [-0.25, -0.2) is 9.59 Å². The zero-order valence-electron chi connectivity index (χ0n) is 9.40. The Balaban J connectivity index is 6.28. The Labute approximate surface area is 102 Å². The molecule has 0 spiro atoms. The van der Waals surface area contributed by atoms with Crippen LogP contribution in [0.2, 0.25) is 0 Å². The van der Waals surface area contributed by atoms with Gasteiger partial charge in [-0.05, 0) is 0 Å². The first-order valence-electron chi connectivity index (χ1n) is 4.27. The predicted molar refractivity (Wildman–Crippen MR) is 46.7 cm³/mol. The van der Waals surface area contributed by atoms with Crippen LogP contribution in [0, 0.1) is 0 Å². The lowest BCUT2D eigenvalue weighted by Gasteiger charge is -2.12. The number of methoxy groups -OCH3 is 2. The van der Waals surface area contributed by atoms with Crippen LogP contribution in [0.4, 0.5) is 26.3 Å². The Morgan fingerprint density at radius 3 is 1.37 bits per heavy atom. The summed E-state index contributed by atoms with van der Waals surface area (Å²) in [5, 5.41) is 0. The van der Waals surface area contributed by atoms with Crippen LogP contribution in [0.3, 0.4) is 0 Å². The van der Waals surface area contributed by atoms with E-state index in [1.807, 2.05) is 0 Å². The summed E-state index contributed by atoms with van der Waals surface area (Å²) in [6, 6.07) is 0. The highest BCUT2D eigenvalue weighted by Gasteiger charge is 2.51. The van der Waals surface area contributed by atoms with Gasteiger partial charge in [0.25, 0.3) is 0 Å². The Hall–Kier alpha value is -1.96. The van der Waals surface area contributed by atoms with Crippen molar-refractivity contribution in [2.45, 2.75) is 12.4 Å². The van der Waals surface area contributed by atoms with Crippen molar-refractivity contribution >= 4 is 11.9 Å². The number of hydrogen-bond donors (Lipinski definition) is 0. The lowest BCUT2D eigenvalue weighted by atomic mass is 10.2. The molecule has 10 heteroatoms. The van der Waals surface area contributed by atoms with Gasteiger partial charge in [0.1, 0.15) is 0 Å². The summed E-state index contributed by atoms with van der Waals surface area (Å²) in [5.41, 5.74) is -4.12. The molecular formula is C9H6F6O4. The molecule has 0 saturated carbocycles. The topological polar surface area (TPSA) is 52.6 Å². The Kier molecular flexibility index (Phi) is 5.19. The van der Waals surface area contributed by atoms with Crippen LogP contribution >= 0.6 is 0 Å². The molecule has 0 aromatic heterocycles. The van der Waals surface area contributed by atoms with Gasteiger partial charge < -0.3 is 9.47 Å². The van der Waals surface area contributed by atoms with Crippen LogP contribution < -0.4 is 0 Å². The van der Waals surface area contributed by atoms with Gasteiger partial charge in [0.2, 0.25) is 0 Å². The monoisotopic (exact) mass is 292 g/mol. The SMILES string of the molecule is COC(=O)C(=C=C(C(F)(F)F)C(F)(F)F)C(=O)OC. The van der Waals surface area contributed by atoms with E-state index in [1.54, 1.807) is 0 Å². The number of esters is 2. The summed E-state index contributed by atoms with van der Waals surface area (Å²) in [7, 11) is 1.32. The first-order chi connectivity index (χ1) is 8.45. The summed E-state index contributed by atoms with van der Waals surface area (Å²) in [5.74, 6) is -3.48. The van der Waals surface area contributed by atoms with Crippen LogP contribution in [0.25, 0.3) is 0 Å². The number of ether oxygens (including phenoxy) is 2. The summed E-state index contributed by atoms with van der Waals surface area (Å²) >= 11 is 0. The summed E-state index contributed by atoms with van der Waals surface area (Å²) < 4.78 is 80.8. The molecule has 0 aliphatic rings. The Morgan fingerprint density at radius 1 is 0.842 bits per heavy atom. The third kappa shape index (κ3) is 4.66. The molecule has 0 N–H and O–H groups in total. The van der Waals surface area contributed by atoms with Crippen molar-refractivity contribution in [2.75, 3.05) is 14.2 Å². The number of carbonyl (C=O) groups is 2. The van der Waals surface area contributed by atoms with Crippen LogP contribution in [0.5, 0.6) is 0 Å². The highest BCUT2D eigenvalue weighted by molar-refractivity contribution is 6.13. The number of carbonyl (C=O) groups excluding carboxylic acids is 2. The van der Waals surface area contributed by atoms with Gasteiger partial charge in [0.05, 0.1) is 14.2 Å². The average molecular weight is 292 g/mol. The lowest BCUT2D eigenvalue weighted by Crippen LogP contribution is -2.26. The van der Waals surface area contributed by atoms with Gasteiger partial charge in [-0.3, -0.25) is 0 Å². The molecule has 4 nitrogen and oxygen atoms in total. The average Bonchev–Trinajstić information content (AvgIpc) is 2.24. The summed E-state index contributed by atoms with van der Waals surface area (Å²) in [4.78, 5) is 21.9. The molecule has 0 rings (SSSR count). The maximum absolute atomic E-state index is 12.2. The van der Waals surface area contributed by atoms with Gasteiger partial charge in [-0.1, -0.05) is 5.73 Å². The fraction of sp³-hybridized carbons (Fsp3) is 0.444. The quantitative estimate of drug-likeness (QED) is 0.195. The maximum atomic E-state index is 12.2. The highest BCUT2D eigenvalue weighted by atomic mass is 19.4. The minimum Gasteiger partial charge on any atom is -0.465 e. The molecule has 0 atom stereocenters. The van der Waals surface area contributed by atoms with Crippen LogP contribution in [-0.2, 0) is 19.1 Å². The molecule has 0 heterocycles. The smallest absolute Gasteiger partial charge is 0.428 e. The zero-order chi connectivity index (χ0) is 15.4. The molecule has 19 heavy (non-hydrogen) atoms. The third-order valence-corrected chi connectivity index (χ3v) is 1.60. The molecule has 0 aliphatic carbocycles. The first kappa shape index (κ1) is 17.0. The van der Waals surface area contributed by atoms with Crippen molar-refractivity contribution in [1.82, 2.24) is 0 Å². The minimum atomic E-state index is -5.86. The van der Waals surface area contributed by atoms with E-state index < -0.39 is 35.4 Å². The minimum absolute atomic E-state index is 0.661. The van der Waals surface area contributed by atoms with Crippen molar-refractivity contribution in [3.63, 3.8) is 0 Å². The fourth-order valence-electron chi connectivity index (χ4n) is 0.817. The van der Waals surface area contributed by atoms with Gasteiger partial charge in [0, 0.05) is 0 Å². The second kappa shape index (κ2) is 5.79. The molecule has 0 bridgehead atoms. The zero-order valence-corrected chi connectivity index (χ0v) is 9.40. The molecular weight excluding hydrogens is 286 g/mol. The lowest BCUT2D eigenvalue weighted by molar-refractivity contribution is -0.171. The first-order valence-corrected chi connectivity index (χ1v) is 4.27. The van der Waals surface area contributed by atoms with E-state index in [0.717, 1.165) is 0 Å². The number of rotatable bonds is 2. The summed E-state index contributed by atoms with van der Waals surface area (Å²) in [6.45, 7) is 0. The van der Waals surface area contributed by atoms with E-state index >= 15 is 0 Å².